The smallest absolute Gasteiger partial charge is 0.227 e. The SMILES string of the molecule is CCc1cc(NC(=O)C2CCN(C3CC3)CC2)c2ccccc2n1. The van der Waals surface area contributed by atoms with Crippen molar-refractivity contribution in [3.8, 4) is 0 Å². The summed E-state index contributed by atoms with van der Waals surface area (Å²) in [4.78, 5) is 20.0. The molecule has 126 valence electrons. The average molecular weight is 323 g/mol. The van der Waals surface area contributed by atoms with Gasteiger partial charge in [0.05, 0.1) is 11.2 Å². The van der Waals surface area contributed by atoms with Gasteiger partial charge in [-0.25, -0.2) is 0 Å². The van der Waals surface area contributed by atoms with E-state index in [0.717, 1.165) is 60.7 Å². The lowest BCUT2D eigenvalue weighted by atomic mass is 9.95. The van der Waals surface area contributed by atoms with Crippen molar-refractivity contribution >= 4 is 22.5 Å². The number of aryl methyl sites for hydroxylation is 1. The van der Waals surface area contributed by atoms with Crippen molar-refractivity contribution in [2.45, 2.75) is 45.1 Å². The van der Waals surface area contributed by atoms with Gasteiger partial charge in [0.1, 0.15) is 0 Å². The first kappa shape index (κ1) is 15.6. The highest BCUT2D eigenvalue weighted by Crippen LogP contribution is 2.31. The number of nitrogens with one attached hydrogen (secondary N) is 1. The lowest BCUT2D eigenvalue weighted by Crippen LogP contribution is -2.39. The van der Waals surface area contributed by atoms with E-state index < -0.39 is 0 Å². The molecular formula is C20H25N3O. The van der Waals surface area contributed by atoms with Gasteiger partial charge in [-0.05, 0) is 57.3 Å². The summed E-state index contributed by atoms with van der Waals surface area (Å²) in [6.07, 6.45) is 5.52. The Morgan fingerprint density at radius 1 is 1.21 bits per heavy atom. The summed E-state index contributed by atoms with van der Waals surface area (Å²) in [6, 6.07) is 10.9. The molecule has 2 heterocycles. The maximum Gasteiger partial charge on any atom is 0.227 e. The summed E-state index contributed by atoms with van der Waals surface area (Å²) < 4.78 is 0. The van der Waals surface area contributed by atoms with Gasteiger partial charge in [0.15, 0.2) is 0 Å². The van der Waals surface area contributed by atoms with Crippen LogP contribution < -0.4 is 5.32 Å². The monoisotopic (exact) mass is 323 g/mol. The first-order valence-corrected chi connectivity index (χ1v) is 9.18. The number of benzene rings is 1. The minimum atomic E-state index is 0.136. The Bertz CT molecular complexity index is 746. The first-order chi connectivity index (χ1) is 11.7. The molecule has 1 saturated heterocycles. The molecule has 2 aliphatic rings. The van der Waals surface area contributed by atoms with E-state index in [-0.39, 0.29) is 11.8 Å². The van der Waals surface area contributed by atoms with Crippen LogP contribution in [0, 0.1) is 5.92 Å². The fourth-order valence-electron chi connectivity index (χ4n) is 3.72. The number of piperidine rings is 1. The maximum atomic E-state index is 12.8. The minimum Gasteiger partial charge on any atom is -0.325 e. The Labute approximate surface area is 143 Å². The highest BCUT2D eigenvalue weighted by atomic mass is 16.1. The van der Waals surface area contributed by atoms with Gasteiger partial charge >= 0.3 is 0 Å². The molecule has 0 radical (unpaired) electrons. The van der Waals surface area contributed by atoms with Crippen LogP contribution in [-0.2, 0) is 11.2 Å². The lowest BCUT2D eigenvalue weighted by Gasteiger charge is -2.31. The van der Waals surface area contributed by atoms with E-state index in [1.165, 1.54) is 12.8 Å². The summed E-state index contributed by atoms with van der Waals surface area (Å²) in [7, 11) is 0. The van der Waals surface area contributed by atoms with Crippen molar-refractivity contribution in [1.82, 2.24) is 9.88 Å². The van der Waals surface area contributed by atoms with Crippen molar-refractivity contribution in [3.63, 3.8) is 0 Å². The lowest BCUT2D eigenvalue weighted by molar-refractivity contribution is -0.121. The number of nitrogens with zero attached hydrogens (tertiary/aromatic N) is 2. The second kappa shape index (κ2) is 6.52. The van der Waals surface area contributed by atoms with Gasteiger partial charge in [0.25, 0.3) is 0 Å². The summed E-state index contributed by atoms with van der Waals surface area (Å²) >= 11 is 0. The molecule has 1 aromatic heterocycles. The number of carbonyl (C=O) groups is 1. The summed E-state index contributed by atoms with van der Waals surface area (Å²) in [6.45, 7) is 4.23. The number of fused-ring (bicyclic) bond motifs is 1. The quantitative estimate of drug-likeness (QED) is 0.935. The summed E-state index contributed by atoms with van der Waals surface area (Å²) in [5.74, 6) is 0.306. The first-order valence-electron chi connectivity index (χ1n) is 9.18. The number of likely N-dealkylation sites (tertiary alicyclic amines) is 1. The van der Waals surface area contributed by atoms with Crippen LogP contribution in [-0.4, -0.2) is 34.9 Å². The second-order valence-electron chi connectivity index (χ2n) is 7.06. The molecule has 1 aromatic carbocycles. The van der Waals surface area contributed by atoms with Gasteiger partial charge in [0.2, 0.25) is 5.91 Å². The van der Waals surface area contributed by atoms with Gasteiger partial charge in [-0.15, -0.1) is 0 Å². The number of anilines is 1. The molecule has 0 unspecified atom stereocenters. The van der Waals surface area contributed by atoms with Gasteiger partial charge in [-0.3, -0.25) is 9.78 Å². The van der Waals surface area contributed by atoms with Crippen LogP contribution >= 0.6 is 0 Å². The highest BCUT2D eigenvalue weighted by Gasteiger charge is 2.33. The highest BCUT2D eigenvalue weighted by molar-refractivity contribution is 6.01. The van der Waals surface area contributed by atoms with Crippen LogP contribution in [0.5, 0.6) is 0 Å². The Balaban J connectivity index is 1.50. The summed E-state index contributed by atoms with van der Waals surface area (Å²) in [5.41, 5.74) is 2.88. The van der Waals surface area contributed by atoms with E-state index in [2.05, 4.69) is 22.1 Å². The van der Waals surface area contributed by atoms with Gasteiger partial charge < -0.3 is 10.2 Å². The number of hydrogen-bond donors (Lipinski definition) is 1. The molecule has 1 aliphatic heterocycles. The molecule has 0 atom stereocenters. The number of hydrogen-bond acceptors (Lipinski definition) is 3. The number of para-hydroxylation sites is 1. The van der Waals surface area contributed by atoms with Gasteiger partial charge in [-0.1, -0.05) is 25.1 Å². The standard InChI is InChI=1S/C20H25N3O/c1-2-15-13-19(17-5-3-4-6-18(17)21-15)22-20(24)14-9-11-23(12-10-14)16-7-8-16/h3-6,13-14,16H,2,7-12H2,1H3,(H,21,22,24). The normalized spacial score (nSPS) is 19.5. The second-order valence-corrected chi connectivity index (χ2v) is 7.06. The van der Waals surface area contributed by atoms with E-state index in [4.69, 9.17) is 0 Å². The topological polar surface area (TPSA) is 45.2 Å². The molecule has 0 spiro atoms. The molecule has 24 heavy (non-hydrogen) atoms. The largest absolute Gasteiger partial charge is 0.325 e. The predicted molar refractivity (Wildman–Crippen MR) is 97.1 cm³/mol. The van der Waals surface area contributed by atoms with Crippen molar-refractivity contribution in [2.75, 3.05) is 18.4 Å². The van der Waals surface area contributed by atoms with E-state index in [1.807, 2.05) is 30.3 Å². The Morgan fingerprint density at radius 3 is 2.67 bits per heavy atom. The van der Waals surface area contributed by atoms with Crippen LogP contribution in [0.3, 0.4) is 0 Å². The number of rotatable bonds is 4. The predicted octanol–water partition coefficient (Wildman–Crippen LogP) is 3.61. The van der Waals surface area contributed by atoms with Crippen LogP contribution in [0.25, 0.3) is 10.9 Å². The molecule has 2 fully saturated rings. The third kappa shape index (κ3) is 3.16. The Hall–Kier alpha value is -1.94. The fourth-order valence-corrected chi connectivity index (χ4v) is 3.72. The molecule has 1 saturated carbocycles. The Kier molecular flexibility index (Phi) is 4.23. The third-order valence-corrected chi connectivity index (χ3v) is 5.35. The van der Waals surface area contributed by atoms with Gasteiger partial charge in [0, 0.05) is 23.0 Å². The van der Waals surface area contributed by atoms with E-state index in [1.54, 1.807) is 0 Å². The van der Waals surface area contributed by atoms with Crippen molar-refractivity contribution in [3.05, 3.63) is 36.0 Å². The zero-order valence-electron chi connectivity index (χ0n) is 14.3. The number of aromatic nitrogens is 1. The number of pyridine rings is 1. The van der Waals surface area contributed by atoms with Crippen LogP contribution in [0.15, 0.2) is 30.3 Å². The van der Waals surface area contributed by atoms with Gasteiger partial charge in [-0.2, -0.15) is 0 Å². The van der Waals surface area contributed by atoms with Crippen LogP contribution in [0.4, 0.5) is 5.69 Å². The zero-order valence-corrected chi connectivity index (χ0v) is 14.3. The molecule has 4 rings (SSSR count). The third-order valence-electron chi connectivity index (χ3n) is 5.35. The van der Waals surface area contributed by atoms with Crippen molar-refractivity contribution in [1.29, 1.82) is 0 Å². The molecule has 0 bridgehead atoms. The molecule has 2 aromatic rings. The van der Waals surface area contributed by atoms with Crippen molar-refractivity contribution < 1.29 is 4.79 Å². The van der Waals surface area contributed by atoms with E-state index >= 15 is 0 Å². The Morgan fingerprint density at radius 2 is 1.96 bits per heavy atom. The van der Waals surface area contributed by atoms with Crippen LogP contribution in [0.1, 0.15) is 38.3 Å². The zero-order chi connectivity index (χ0) is 16.5. The number of carbonyl (C=O) groups excluding carboxylic acids is 1. The average Bonchev–Trinajstić information content (AvgIpc) is 3.47. The maximum absolute atomic E-state index is 12.8. The summed E-state index contributed by atoms with van der Waals surface area (Å²) in [5, 5.41) is 4.22. The van der Waals surface area contributed by atoms with Crippen LogP contribution in [0.2, 0.25) is 0 Å². The number of amides is 1. The molecule has 1 amide bonds. The molecular weight excluding hydrogens is 298 g/mol. The molecule has 1 N–H and O–H groups in total. The van der Waals surface area contributed by atoms with Crippen molar-refractivity contribution in [2.24, 2.45) is 5.92 Å². The molecule has 4 nitrogen and oxygen atoms in total. The van der Waals surface area contributed by atoms with E-state index in [9.17, 15) is 4.79 Å². The fraction of sp³-hybridized carbons (Fsp3) is 0.500. The molecule has 1 aliphatic carbocycles. The molecule has 4 heteroatoms. The minimum absolute atomic E-state index is 0.136. The van der Waals surface area contributed by atoms with E-state index in [0.29, 0.717) is 0 Å².